The number of rotatable bonds is 0. The summed E-state index contributed by atoms with van der Waals surface area (Å²) in [5, 5.41) is 0.543. The van der Waals surface area contributed by atoms with E-state index in [0.29, 0.717) is 10.7 Å². The molecular formula is C7H7ClFN. The number of aryl methyl sites for hydroxylation is 2. The molecule has 1 aromatic rings. The van der Waals surface area contributed by atoms with Crippen LogP contribution >= 0.6 is 11.6 Å². The Morgan fingerprint density at radius 2 is 2.10 bits per heavy atom. The van der Waals surface area contributed by atoms with Gasteiger partial charge in [0.2, 0.25) is 5.95 Å². The number of halogens is 2. The highest BCUT2D eigenvalue weighted by atomic mass is 35.5. The van der Waals surface area contributed by atoms with Crippen molar-refractivity contribution in [3.05, 3.63) is 28.3 Å². The zero-order valence-corrected chi connectivity index (χ0v) is 6.54. The van der Waals surface area contributed by atoms with Gasteiger partial charge in [-0.05, 0) is 25.5 Å². The van der Waals surface area contributed by atoms with Crippen molar-refractivity contribution in [3.8, 4) is 0 Å². The number of hydrogen-bond donors (Lipinski definition) is 0. The van der Waals surface area contributed by atoms with Crippen LogP contribution in [0.15, 0.2) is 6.07 Å². The van der Waals surface area contributed by atoms with E-state index in [2.05, 4.69) is 4.98 Å². The SMILES string of the molecule is Cc1cc(F)nc(C)c1Cl. The minimum absolute atomic E-state index is 0.473. The van der Waals surface area contributed by atoms with E-state index in [4.69, 9.17) is 11.6 Å². The predicted molar refractivity (Wildman–Crippen MR) is 38.7 cm³/mol. The maximum absolute atomic E-state index is 12.4. The first-order valence-corrected chi connectivity index (χ1v) is 3.28. The largest absolute Gasteiger partial charge is 0.224 e. The van der Waals surface area contributed by atoms with Gasteiger partial charge in [0.15, 0.2) is 0 Å². The highest BCUT2D eigenvalue weighted by Crippen LogP contribution is 2.17. The fourth-order valence-electron chi connectivity index (χ4n) is 0.769. The second-order valence-electron chi connectivity index (χ2n) is 2.16. The molecule has 3 heteroatoms. The molecule has 0 unspecified atom stereocenters. The minimum Gasteiger partial charge on any atom is -0.224 e. The lowest BCUT2D eigenvalue weighted by Crippen LogP contribution is -1.90. The zero-order valence-electron chi connectivity index (χ0n) is 5.78. The van der Waals surface area contributed by atoms with Gasteiger partial charge in [-0.15, -0.1) is 0 Å². The Kier molecular flexibility index (Phi) is 1.90. The number of nitrogens with zero attached hydrogens (tertiary/aromatic N) is 1. The predicted octanol–water partition coefficient (Wildman–Crippen LogP) is 2.49. The summed E-state index contributed by atoms with van der Waals surface area (Å²) in [4.78, 5) is 3.54. The highest BCUT2D eigenvalue weighted by molar-refractivity contribution is 6.31. The molecule has 0 bridgehead atoms. The van der Waals surface area contributed by atoms with Crippen molar-refractivity contribution in [2.75, 3.05) is 0 Å². The molecule has 10 heavy (non-hydrogen) atoms. The lowest BCUT2D eigenvalue weighted by molar-refractivity contribution is 0.579. The molecule has 0 fully saturated rings. The zero-order chi connectivity index (χ0) is 7.72. The molecule has 1 nitrogen and oxygen atoms in total. The van der Waals surface area contributed by atoms with Crippen molar-refractivity contribution in [1.82, 2.24) is 4.98 Å². The minimum atomic E-state index is -0.473. The number of aromatic nitrogens is 1. The summed E-state index contributed by atoms with van der Waals surface area (Å²) >= 11 is 5.72. The van der Waals surface area contributed by atoms with Gasteiger partial charge in [0.1, 0.15) is 0 Å². The summed E-state index contributed by atoms with van der Waals surface area (Å²) in [6.07, 6.45) is 0. The standard InChI is InChI=1S/C7H7ClFN/c1-4-3-6(9)10-5(2)7(4)8/h3H,1-2H3. The molecule has 0 aliphatic rings. The van der Waals surface area contributed by atoms with E-state index in [1.54, 1.807) is 13.8 Å². The maximum Gasteiger partial charge on any atom is 0.213 e. The summed E-state index contributed by atoms with van der Waals surface area (Å²) in [7, 11) is 0. The van der Waals surface area contributed by atoms with E-state index < -0.39 is 5.95 Å². The van der Waals surface area contributed by atoms with Crippen LogP contribution in [0, 0.1) is 19.8 Å². The van der Waals surface area contributed by atoms with Crippen LogP contribution in [0.5, 0.6) is 0 Å². The first kappa shape index (κ1) is 7.48. The molecule has 0 saturated heterocycles. The van der Waals surface area contributed by atoms with Crippen LogP contribution in [-0.4, -0.2) is 4.98 Å². The Labute approximate surface area is 63.8 Å². The second kappa shape index (κ2) is 2.54. The molecule has 1 heterocycles. The summed E-state index contributed by atoms with van der Waals surface area (Å²) in [5.74, 6) is -0.473. The van der Waals surface area contributed by atoms with Crippen LogP contribution in [0.4, 0.5) is 4.39 Å². The first-order chi connectivity index (χ1) is 4.61. The molecule has 1 rings (SSSR count). The van der Waals surface area contributed by atoms with Crippen LogP contribution in [0.3, 0.4) is 0 Å². The average molecular weight is 160 g/mol. The normalized spacial score (nSPS) is 10.0. The second-order valence-corrected chi connectivity index (χ2v) is 2.54. The van der Waals surface area contributed by atoms with Crippen molar-refractivity contribution in [1.29, 1.82) is 0 Å². The van der Waals surface area contributed by atoms with Crippen molar-refractivity contribution >= 4 is 11.6 Å². The van der Waals surface area contributed by atoms with E-state index >= 15 is 0 Å². The number of pyridine rings is 1. The fourth-order valence-corrected chi connectivity index (χ4v) is 0.866. The van der Waals surface area contributed by atoms with Gasteiger partial charge >= 0.3 is 0 Å². The molecule has 0 N–H and O–H groups in total. The molecule has 0 radical (unpaired) electrons. The van der Waals surface area contributed by atoms with Crippen LogP contribution < -0.4 is 0 Å². The van der Waals surface area contributed by atoms with Gasteiger partial charge < -0.3 is 0 Å². The fraction of sp³-hybridized carbons (Fsp3) is 0.286. The molecule has 0 amide bonds. The van der Waals surface area contributed by atoms with Gasteiger partial charge in [0.05, 0.1) is 10.7 Å². The summed E-state index contributed by atoms with van der Waals surface area (Å²) in [6, 6.07) is 1.31. The molecule has 0 saturated carbocycles. The smallest absolute Gasteiger partial charge is 0.213 e. The lowest BCUT2D eigenvalue weighted by atomic mass is 10.2. The monoisotopic (exact) mass is 159 g/mol. The summed E-state index contributed by atoms with van der Waals surface area (Å²) in [6.45, 7) is 3.43. The van der Waals surface area contributed by atoms with Gasteiger partial charge in [-0.1, -0.05) is 11.6 Å². The van der Waals surface area contributed by atoms with Crippen molar-refractivity contribution in [2.45, 2.75) is 13.8 Å². The van der Waals surface area contributed by atoms with Gasteiger partial charge in [0.25, 0.3) is 0 Å². The third-order valence-corrected chi connectivity index (χ3v) is 1.85. The van der Waals surface area contributed by atoms with Gasteiger partial charge in [0, 0.05) is 0 Å². The summed E-state index contributed by atoms with van der Waals surface area (Å²) in [5.41, 5.74) is 1.27. The number of hydrogen-bond acceptors (Lipinski definition) is 1. The molecule has 0 spiro atoms. The van der Waals surface area contributed by atoms with E-state index in [-0.39, 0.29) is 0 Å². The molecule has 0 aliphatic carbocycles. The Hall–Kier alpha value is -0.630. The third kappa shape index (κ3) is 1.27. The van der Waals surface area contributed by atoms with E-state index in [9.17, 15) is 4.39 Å². The quantitative estimate of drug-likeness (QED) is 0.530. The van der Waals surface area contributed by atoms with E-state index in [0.717, 1.165) is 5.56 Å². The Balaban J connectivity index is 3.31. The average Bonchev–Trinajstić information content (AvgIpc) is 1.82. The topological polar surface area (TPSA) is 12.9 Å². The van der Waals surface area contributed by atoms with Crippen LogP contribution in [0.1, 0.15) is 11.3 Å². The first-order valence-electron chi connectivity index (χ1n) is 2.90. The molecule has 0 aromatic carbocycles. The molecular weight excluding hydrogens is 153 g/mol. The Bertz CT molecular complexity index is 237. The lowest BCUT2D eigenvalue weighted by Gasteiger charge is -1.99. The Morgan fingerprint density at radius 1 is 1.50 bits per heavy atom. The van der Waals surface area contributed by atoms with Gasteiger partial charge in [-0.3, -0.25) is 0 Å². The third-order valence-electron chi connectivity index (χ3n) is 1.27. The molecule has 1 aromatic heterocycles. The van der Waals surface area contributed by atoms with Crippen molar-refractivity contribution in [2.24, 2.45) is 0 Å². The maximum atomic E-state index is 12.4. The molecule has 0 atom stereocenters. The van der Waals surface area contributed by atoms with E-state index in [1.165, 1.54) is 6.07 Å². The van der Waals surface area contributed by atoms with Crippen LogP contribution in [0.25, 0.3) is 0 Å². The Morgan fingerprint density at radius 3 is 2.60 bits per heavy atom. The highest BCUT2D eigenvalue weighted by Gasteiger charge is 2.02. The van der Waals surface area contributed by atoms with Gasteiger partial charge in [-0.25, -0.2) is 4.98 Å². The van der Waals surface area contributed by atoms with Crippen molar-refractivity contribution in [3.63, 3.8) is 0 Å². The summed E-state index contributed by atoms with van der Waals surface area (Å²) < 4.78 is 12.4. The van der Waals surface area contributed by atoms with Crippen molar-refractivity contribution < 1.29 is 4.39 Å². The van der Waals surface area contributed by atoms with Crippen LogP contribution in [-0.2, 0) is 0 Å². The van der Waals surface area contributed by atoms with E-state index in [1.807, 2.05) is 0 Å². The molecule has 54 valence electrons. The van der Waals surface area contributed by atoms with Gasteiger partial charge in [-0.2, -0.15) is 4.39 Å². The molecule has 0 aliphatic heterocycles. The van der Waals surface area contributed by atoms with Crippen LogP contribution in [0.2, 0.25) is 5.02 Å².